The zero-order chi connectivity index (χ0) is 10.1. The topological polar surface area (TPSA) is 35.5 Å². The van der Waals surface area contributed by atoms with Gasteiger partial charge in [0.1, 0.15) is 12.5 Å². The number of ether oxygens (including phenoxy) is 2. The van der Waals surface area contributed by atoms with Crippen LogP contribution in [-0.4, -0.2) is 25.0 Å². The number of rotatable bonds is 3. The van der Waals surface area contributed by atoms with E-state index in [2.05, 4.69) is 16.1 Å². The van der Waals surface area contributed by atoms with Gasteiger partial charge in [-0.3, -0.25) is 4.74 Å². The Hall–Kier alpha value is -1.04. The Balaban J connectivity index is 2.36. The Morgan fingerprint density at radius 2 is 2.31 bits per heavy atom. The molecule has 1 fully saturated rings. The lowest BCUT2D eigenvalue weighted by Crippen LogP contribution is -2.54. The van der Waals surface area contributed by atoms with Crippen LogP contribution in [0.25, 0.3) is 0 Å². The third-order valence-electron chi connectivity index (χ3n) is 1.59. The number of carbonyl (C=O) groups excluding carboxylic acids is 1. The lowest BCUT2D eigenvalue weighted by Gasteiger charge is -2.38. The fourth-order valence-corrected chi connectivity index (χ4v) is 0.803. The van der Waals surface area contributed by atoms with Crippen LogP contribution in [0.4, 0.5) is 13.2 Å². The van der Waals surface area contributed by atoms with Crippen molar-refractivity contribution in [2.24, 2.45) is 5.92 Å². The smallest absolute Gasteiger partial charge is 0.369 e. The van der Waals surface area contributed by atoms with Crippen molar-refractivity contribution in [3.63, 3.8) is 0 Å². The standard InChI is InChI=1S/C7H7F3O3/c1-2-5(11)12-3-4-6(8)13-7(4,9)10/h2,4,6H,1,3H2. The van der Waals surface area contributed by atoms with Crippen molar-refractivity contribution in [3.05, 3.63) is 12.7 Å². The second-order valence-electron chi connectivity index (χ2n) is 2.47. The van der Waals surface area contributed by atoms with E-state index in [0.29, 0.717) is 0 Å². The van der Waals surface area contributed by atoms with E-state index in [4.69, 9.17) is 0 Å². The molecule has 0 radical (unpaired) electrons. The Morgan fingerprint density at radius 1 is 1.69 bits per heavy atom. The summed E-state index contributed by atoms with van der Waals surface area (Å²) < 4.78 is 44.7. The highest BCUT2D eigenvalue weighted by Crippen LogP contribution is 2.42. The van der Waals surface area contributed by atoms with Crippen molar-refractivity contribution in [2.75, 3.05) is 6.61 Å². The molecule has 1 aliphatic rings. The summed E-state index contributed by atoms with van der Waals surface area (Å²) in [7, 11) is 0. The second kappa shape index (κ2) is 3.37. The highest BCUT2D eigenvalue weighted by molar-refractivity contribution is 5.81. The zero-order valence-electron chi connectivity index (χ0n) is 6.50. The molecule has 0 amide bonds. The number of alkyl halides is 3. The molecule has 74 valence electrons. The van der Waals surface area contributed by atoms with Gasteiger partial charge in [-0.2, -0.15) is 8.78 Å². The predicted octanol–water partition coefficient (Wildman–Crippen LogP) is 1.25. The van der Waals surface area contributed by atoms with Gasteiger partial charge in [-0.1, -0.05) is 6.58 Å². The van der Waals surface area contributed by atoms with E-state index >= 15 is 0 Å². The predicted molar refractivity (Wildman–Crippen MR) is 35.6 cm³/mol. The molecule has 0 aromatic carbocycles. The van der Waals surface area contributed by atoms with Gasteiger partial charge in [-0.25, -0.2) is 9.18 Å². The van der Waals surface area contributed by atoms with Gasteiger partial charge in [0.15, 0.2) is 0 Å². The molecule has 0 aliphatic carbocycles. The molecular formula is C7H7F3O3. The van der Waals surface area contributed by atoms with Crippen LogP contribution in [0.3, 0.4) is 0 Å². The summed E-state index contributed by atoms with van der Waals surface area (Å²) in [4.78, 5) is 10.4. The molecule has 3 nitrogen and oxygen atoms in total. The number of hydrogen-bond acceptors (Lipinski definition) is 3. The van der Waals surface area contributed by atoms with Gasteiger partial charge in [-0.05, 0) is 0 Å². The number of carbonyl (C=O) groups is 1. The van der Waals surface area contributed by atoms with E-state index < -0.39 is 31.0 Å². The zero-order valence-corrected chi connectivity index (χ0v) is 6.50. The van der Waals surface area contributed by atoms with Gasteiger partial charge >= 0.3 is 12.1 Å². The van der Waals surface area contributed by atoms with Crippen LogP contribution in [0.5, 0.6) is 0 Å². The third kappa shape index (κ3) is 2.00. The largest absolute Gasteiger partial charge is 0.462 e. The van der Waals surface area contributed by atoms with E-state index in [1.807, 2.05) is 0 Å². The summed E-state index contributed by atoms with van der Waals surface area (Å²) in [6.45, 7) is 2.34. The molecule has 0 spiro atoms. The summed E-state index contributed by atoms with van der Waals surface area (Å²) in [6, 6.07) is 0. The van der Waals surface area contributed by atoms with Crippen LogP contribution in [0.15, 0.2) is 12.7 Å². The Morgan fingerprint density at radius 3 is 2.69 bits per heavy atom. The lowest BCUT2D eigenvalue weighted by molar-refractivity contribution is -0.428. The first-order valence-corrected chi connectivity index (χ1v) is 3.46. The molecule has 0 bridgehead atoms. The van der Waals surface area contributed by atoms with Crippen LogP contribution >= 0.6 is 0 Å². The van der Waals surface area contributed by atoms with Crippen LogP contribution < -0.4 is 0 Å². The van der Waals surface area contributed by atoms with Gasteiger partial charge < -0.3 is 4.74 Å². The van der Waals surface area contributed by atoms with E-state index in [1.54, 1.807) is 0 Å². The first kappa shape index (κ1) is 10.0. The lowest BCUT2D eigenvalue weighted by atomic mass is 10.1. The highest BCUT2D eigenvalue weighted by atomic mass is 19.3. The molecule has 2 unspecified atom stereocenters. The maximum Gasteiger partial charge on any atom is 0.369 e. The van der Waals surface area contributed by atoms with Crippen molar-refractivity contribution >= 4 is 5.97 Å². The van der Waals surface area contributed by atoms with Gasteiger partial charge in [0.05, 0.1) is 0 Å². The SMILES string of the molecule is C=CC(=O)OCC1C(F)OC1(F)F. The normalized spacial score (nSPS) is 30.4. The maximum absolute atomic E-state index is 12.3. The van der Waals surface area contributed by atoms with Crippen molar-refractivity contribution in [1.29, 1.82) is 0 Å². The molecule has 6 heteroatoms. The van der Waals surface area contributed by atoms with E-state index in [9.17, 15) is 18.0 Å². The van der Waals surface area contributed by atoms with Crippen molar-refractivity contribution in [3.8, 4) is 0 Å². The Labute approximate surface area is 72.1 Å². The molecule has 1 saturated heterocycles. The minimum Gasteiger partial charge on any atom is -0.462 e. The Bertz CT molecular complexity index is 229. The minimum absolute atomic E-state index is 0.709. The highest BCUT2D eigenvalue weighted by Gasteiger charge is 2.59. The van der Waals surface area contributed by atoms with Crippen LogP contribution in [0.1, 0.15) is 0 Å². The van der Waals surface area contributed by atoms with E-state index in [1.165, 1.54) is 0 Å². The Kier molecular flexibility index (Phi) is 2.60. The van der Waals surface area contributed by atoms with E-state index in [-0.39, 0.29) is 0 Å². The van der Waals surface area contributed by atoms with Crippen molar-refractivity contribution in [1.82, 2.24) is 0 Å². The molecule has 2 atom stereocenters. The maximum atomic E-state index is 12.3. The molecule has 1 rings (SSSR count). The molecule has 0 aromatic heterocycles. The fourth-order valence-electron chi connectivity index (χ4n) is 0.803. The van der Waals surface area contributed by atoms with E-state index in [0.717, 1.165) is 6.08 Å². The van der Waals surface area contributed by atoms with Crippen molar-refractivity contribution in [2.45, 2.75) is 12.5 Å². The van der Waals surface area contributed by atoms with Gasteiger partial charge in [0.25, 0.3) is 0 Å². The molecule has 1 heterocycles. The molecular weight excluding hydrogens is 189 g/mol. The van der Waals surface area contributed by atoms with Crippen molar-refractivity contribution < 1.29 is 27.4 Å². The quantitative estimate of drug-likeness (QED) is 0.503. The van der Waals surface area contributed by atoms with Gasteiger partial charge in [-0.15, -0.1) is 0 Å². The molecule has 0 saturated carbocycles. The number of halogens is 3. The number of esters is 1. The van der Waals surface area contributed by atoms with Gasteiger partial charge in [0, 0.05) is 6.08 Å². The monoisotopic (exact) mass is 196 g/mol. The summed E-state index contributed by atoms with van der Waals surface area (Å²) in [6.07, 6.45) is -4.81. The first-order valence-electron chi connectivity index (χ1n) is 3.46. The fraction of sp³-hybridized carbons (Fsp3) is 0.571. The summed E-state index contributed by atoms with van der Waals surface area (Å²) in [5, 5.41) is 0. The second-order valence-corrected chi connectivity index (χ2v) is 2.47. The molecule has 0 N–H and O–H groups in total. The summed E-state index contributed by atoms with van der Waals surface area (Å²) >= 11 is 0. The van der Waals surface area contributed by atoms with Crippen LogP contribution in [-0.2, 0) is 14.3 Å². The van der Waals surface area contributed by atoms with Crippen LogP contribution in [0, 0.1) is 5.92 Å². The average molecular weight is 196 g/mol. The average Bonchev–Trinajstić information content (AvgIpc) is 2.02. The van der Waals surface area contributed by atoms with Crippen LogP contribution in [0.2, 0.25) is 0 Å². The third-order valence-corrected chi connectivity index (χ3v) is 1.59. The summed E-state index contributed by atoms with van der Waals surface area (Å²) in [5.74, 6) is -2.58. The minimum atomic E-state index is -3.54. The first-order chi connectivity index (χ1) is 5.97. The molecule has 0 aromatic rings. The summed E-state index contributed by atoms with van der Waals surface area (Å²) in [5.41, 5.74) is 0. The van der Waals surface area contributed by atoms with Gasteiger partial charge in [0.2, 0.25) is 6.36 Å². The number of hydrogen-bond donors (Lipinski definition) is 0. The molecule has 1 aliphatic heterocycles. The molecule has 13 heavy (non-hydrogen) atoms.